The van der Waals surface area contributed by atoms with Crippen LogP contribution in [0, 0.1) is 59.2 Å². The lowest BCUT2D eigenvalue weighted by atomic mass is 9.39. The van der Waals surface area contributed by atoms with Crippen molar-refractivity contribution in [2.75, 3.05) is 0 Å². The first kappa shape index (κ1) is 15.1. The van der Waals surface area contributed by atoms with Gasteiger partial charge in [-0.2, -0.15) is 0 Å². The molecule has 0 saturated heterocycles. The summed E-state index contributed by atoms with van der Waals surface area (Å²) >= 11 is 0. The van der Waals surface area contributed by atoms with Gasteiger partial charge in [-0.15, -0.1) is 0 Å². The first-order chi connectivity index (χ1) is 11.9. The Kier molecular flexibility index (Phi) is 3.62. The third kappa shape index (κ3) is 2.04. The highest BCUT2D eigenvalue weighted by Crippen LogP contribution is 2.68. The monoisotopic (exact) mass is 326 g/mol. The van der Waals surface area contributed by atoms with E-state index in [-0.39, 0.29) is 0 Å². The minimum atomic E-state index is 1.16. The molecule has 0 amide bonds. The van der Waals surface area contributed by atoms with Crippen LogP contribution >= 0.6 is 0 Å². The van der Waals surface area contributed by atoms with Crippen molar-refractivity contribution < 1.29 is 0 Å². The van der Waals surface area contributed by atoms with Crippen LogP contribution in [0.4, 0.5) is 0 Å². The Balaban J connectivity index is 1.43. The summed E-state index contributed by atoms with van der Waals surface area (Å²) in [6, 6.07) is 0. The molecular weight excluding hydrogens is 288 g/mol. The van der Waals surface area contributed by atoms with E-state index in [9.17, 15) is 0 Å². The van der Waals surface area contributed by atoms with E-state index in [1.54, 1.807) is 89.9 Å². The second kappa shape index (κ2) is 5.75. The lowest BCUT2D eigenvalue weighted by Crippen LogP contribution is -2.60. The molecule has 0 aromatic rings. The number of hydrogen-bond acceptors (Lipinski definition) is 0. The maximum absolute atomic E-state index is 1.67. The predicted octanol–water partition coefficient (Wildman–Crippen LogP) is 6.69. The molecule has 0 aliphatic heterocycles. The van der Waals surface area contributed by atoms with Crippen molar-refractivity contribution in [3.8, 4) is 0 Å². The lowest BCUT2D eigenvalue weighted by molar-refractivity contribution is -0.179. The first-order valence-electron chi connectivity index (χ1n) is 11.9. The van der Waals surface area contributed by atoms with E-state index < -0.39 is 0 Å². The van der Waals surface area contributed by atoms with Crippen LogP contribution in [-0.4, -0.2) is 0 Å². The van der Waals surface area contributed by atoms with Crippen molar-refractivity contribution in [1.29, 1.82) is 0 Å². The molecule has 134 valence electrons. The fourth-order valence-electron chi connectivity index (χ4n) is 10.1. The maximum atomic E-state index is 1.67. The standard InChI is InChI=1S/C24H38/c1-2-8-18-16(6-1)14-17-13-12-15-7-5-11-20-19-9-3-4-10-21(19)24(18)23(17)22(15)20/h15-24H,1-14H2. The molecule has 0 nitrogen and oxygen atoms in total. The van der Waals surface area contributed by atoms with Gasteiger partial charge < -0.3 is 0 Å². The number of fused-ring (bicyclic) bond motifs is 5. The number of hydrogen-bond donors (Lipinski definition) is 0. The van der Waals surface area contributed by atoms with Gasteiger partial charge in [0.05, 0.1) is 0 Å². The molecule has 0 N–H and O–H groups in total. The largest absolute Gasteiger partial charge is 0.0530 e. The van der Waals surface area contributed by atoms with Crippen molar-refractivity contribution in [2.45, 2.75) is 89.9 Å². The van der Waals surface area contributed by atoms with E-state index >= 15 is 0 Å². The fraction of sp³-hybridized carbons (Fsp3) is 1.00. The molecule has 6 fully saturated rings. The summed E-state index contributed by atoms with van der Waals surface area (Å²) in [7, 11) is 0. The zero-order chi connectivity index (χ0) is 15.7. The Morgan fingerprint density at radius 3 is 1.88 bits per heavy atom. The van der Waals surface area contributed by atoms with E-state index in [2.05, 4.69) is 0 Å². The Labute approximate surface area is 149 Å². The molecule has 0 heterocycles. The summed E-state index contributed by atoms with van der Waals surface area (Å²) in [5.74, 6) is 11.8. The molecule has 6 aliphatic carbocycles. The van der Waals surface area contributed by atoms with Crippen LogP contribution in [0.25, 0.3) is 0 Å². The quantitative estimate of drug-likeness (QED) is 0.465. The zero-order valence-electron chi connectivity index (χ0n) is 15.7. The summed E-state index contributed by atoms with van der Waals surface area (Å²) in [5.41, 5.74) is 0. The van der Waals surface area contributed by atoms with Gasteiger partial charge in [-0.05, 0) is 104 Å². The Morgan fingerprint density at radius 2 is 0.958 bits per heavy atom. The number of rotatable bonds is 0. The van der Waals surface area contributed by atoms with Gasteiger partial charge in [0.1, 0.15) is 0 Å². The zero-order valence-corrected chi connectivity index (χ0v) is 15.7. The SMILES string of the molecule is C1CCC2C(C1)CC1CCC3CCCC4C5CCCCC5C2C1C34. The van der Waals surface area contributed by atoms with E-state index in [0.717, 1.165) is 11.8 Å². The molecule has 0 aromatic carbocycles. The van der Waals surface area contributed by atoms with Crippen molar-refractivity contribution in [1.82, 2.24) is 0 Å². The molecule has 0 heteroatoms. The van der Waals surface area contributed by atoms with E-state index in [1.807, 2.05) is 0 Å². The third-order valence-electron chi connectivity index (χ3n) is 10.5. The molecule has 24 heavy (non-hydrogen) atoms. The van der Waals surface area contributed by atoms with Gasteiger partial charge in [-0.25, -0.2) is 0 Å². The first-order valence-corrected chi connectivity index (χ1v) is 11.9. The Bertz CT molecular complexity index is 478. The summed E-state index contributed by atoms with van der Waals surface area (Å²) in [4.78, 5) is 0. The summed E-state index contributed by atoms with van der Waals surface area (Å²) < 4.78 is 0. The highest BCUT2D eigenvalue weighted by Gasteiger charge is 2.61. The minimum absolute atomic E-state index is 1.16. The Hall–Kier alpha value is 0. The average molecular weight is 327 g/mol. The molecule has 0 radical (unpaired) electrons. The Morgan fingerprint density at radius 1 is 0.333 bits per heavy atom. The van der Waals surface area contributed by atoms with Gasteiger partial charge in [0.25, 0.3) is 0 Å². The van der Waals surface area contributed by atoms with E-state index in [0.29, 0.717) is 0 Å². The van der Waals surface area contributed by atoms with Crippen LogP contribution in [0.1, 0.15) is 89.9 Å². The molecule has 6 saturated carbocycles. The summed E-state index contributed by atoms with van der Waals surface area (Å²) in [6.07, 6.45) is 22.6. The van der Waals surface area contributed by atoms with Crippen LogP contribution in [0.2, 0.25) is 0 Å². The van der Waals surface area contributed by atoms with Gasteiger partial charge in [0.15, 0.2) is 0 Å². The highest BCUT2D eigenvalue weighted by molar-refractivity contribution is 5.09. The summed E-state index contributed by atoms with van der Waals surface area (Å²) in [5, 5.41) is 0. The summed E-state index contributed by atoms with van der Waals surface area (Å²) in [6.45, 7) is 0. The minimum Gasteiger partial charge on any atom is -0.0530 e. The van der Waals surface area contributed by atoms with Crippen LogP contribution < -0.4 is 0 Å². The third-order valence-corrected chi connectivity index (χ3v) is 10.5. The van der Waals surface area contributed by atoms with Gasteiger partial charge in [-0.3, -0.25) is 0 Å². The van der Waals surface area contributed by atoms with Crippen molar-refractivity contribution in [3.63, 3.8) is 0 Å². The molecule has 6 rings (SSSR count). The highest BCUT2D eigenvalue weighted by atomic mass is 14.7. The maximum Gasteiger partial charge on any atom is -0.0318 e. The topological polar surface area (TPSA) is 0 Å². The van der Waals surface area contributed by atoms with Crippen molar-refractivity contribution in [3.05, 3.63) is 0 Å². The lowest BCUT2D eigenvalue weighted by Gasteiger charge is -2.66. The average Bonchev–Trinajstić information content (AvgIpc) is 2.66. The van der Waals surface area contributed by atoms with Crippen molar-refractivity contribution >= 4 is 0 Å². The van der Waals surface area contributed by atoms with Gasteiger partial charge in [0, 0.05) is 0 Å². The smallest absolute Gasteiger partial charge is 0.0318 e. The molecule has 0 bridgehead atoms. The van der Waals surface area contributed by atoms with Crippen molar-refractivity contribution in [2.24, 2.45) is 59.2 Å². The predicted molar refractivity (Wildman–Crippen MR) is 99.5 cm³/mol. The second-order valence-corrected chi connectivity index (χ2v) is 11.0. The molecule has 0 aromatic heterocycles. The van der Waals surface area contributed by atoms with Crippen LogP contribution in [0.5, 0.6) is 0 Å². The van der Waals surface area contributed by atoms with Gasteiger partial charge in [0.2, 0.25) is 0 Å². The van der Waals surface area contributed by atoms with E-state index in [4.69, 9.17) is 0 Å². The van der Waals surface area contributed by atoms with Gasteiger partial charge >= 0.3 is 0 Å². The molecule has 6 aliphatic rings. The molecule has 10 unspecified atom stereocenters. The normalized spacial score (nSPS) is 59.0. The molecule has 10 atom stereocenters. The molecular formula is C24H38. The van der Waals surface area contributed by atoms with Gasteiger partial charge in [-0.1, -0.05) is 44.9 Å². The fourth-order valence-corrected chi connectivity index (χ4v) is 10.1. The van der Waals surface area contributed by atoms with Crippen LogP contribution in [0.3, 0.4) is 0 Å². The van der Waals surface area contributed by atoms with E-state index in [1.165, 1.54) is 47.3 Å². The van der Waals surface area contributed by atoms with Crippen LogP contribution in [-0.2, 0) is 0 Å². The molecule has 0 spiro atoms. The van der Waals surface area contributed by atoms with Crippen LogP contribution in [0.15, 0.2) is 0 Å². The second-order valence-electron chi connectivity index (χ2n) is 11.0.